The van der Waals surface area contributed by atoms with Crippen molar-refractivity contribution < 1.29 is 10.2 Å². The Morgan fingerprint density at radius 3 is 2.76 bits per heavy atom. The van der Waals surface area contributed by atoms with Crippen LogP contribution in [-0.4, -0.2) is 61.1 Å². The largest absolute Gasteiger partial charge is 0.508 e. The second-order valence-corrected chi connectivity index (χ2v) is 12.6. The van der Waals surface area contributed by atoms with Crippen LogP contribution in [0.15, 0.2) is 18.2 Å². The van der Waals surface area contributed by atoms with Gasteiger partial charge in [-0.25, -0.2) is 0 Å². The van der Waals surface area contributed by atoms with Gasteiger partial charge < -0.3 is 10.2 Å². The monoisotopic (exact) mass is 465 g/mol. The molecule has 0 spiro atoms. The molecule has 33 heavy (non-hydrogen) atoms. The maximum Gasteiger partial charge on any atom is 0.115 e. The minimum atomic E-state index is -0.811. The number of likely N-dealkylation sites (tertiary alicyclic amines) is 1. The number of fused-ring (bicyclic) bond motifs is 2. The lowest BCUT2D eigenvalue weighted by Crippen LogP contribution is -2.74. The van der Waals surface area contributed by atoms with Crippen LogP contribution >= 0.6 is 11.8 Å². The van der Waals surface area contributed by atoms with E-state index in [0.717, 1.165) is 38.3 Å². The van der Waals surface area contributed by atoms with Crippen LogP contribution in [0, 0.1) is 12.8 Å². The number of phenolic OH excluding ortho intramolecular Hbond substituents is 1. The van der Waals surface area contributed by atoms with Gasteiger partial charge in [-0.1, -0.05) is 6.07 Å². The maximum atomic E-state index is 12.7. The number of phenols is 1. The molecule has 1 aromatic heterocycles. The standard InChI is InChI=1S/C27H35N3O2S/c1-17-22-14-27(32)25-12-19-4-5-21(31)13-23(19)26(27,8-9-29(25)16-18-2-3-18)15-24(22)28-30(17)20-6-10-33-11-7-20/h4-5,13,18,20,25,31-32H,2-3,6-12,14-16H2,1H3/t25-,26-,27-/m1/s1. The third-order valence-corrected chi connectivity index (χ3v) is 10.7. The molecule has 176 valence electrons. The molecule has 2 aliphatic heterocycles. The fraction of sp³-hybridized carbons (Fsp3) is 0.667. The van der Waals surface area contributed by atoms with E-state index in [4.69, 9.17) is 5.10 Å². The van der Waals surface area contributed by atoms with E-state index in [0.29, 0.717) is 18.2 Å². The second-order valence-electron chi connectivity index (χ2n) is 11.4. The van der Waals surface area contributed by atoms with E-state index in [1.165, 1.54) is 65.3 Å². The van der Waals surface area contributed by atoms with E-state index in [9.17, 15) is 10.2 Å². The number of aromatic nitrogens is 2. The van der Waals surface area contributed by atoms with Crippen molar-refractivity contribution in [2.24, 2.45) is 5.92 Å². The van der Waals surface area contributed by atoms with E-state index in [1.54, 1.807) is 0 Å². The maximum absolute atomic E-state index is 12.7. The summed E-state index contributed by atoms with van der Waals surface area (Å²) < 4.78 is 2.32. The van der Waals surface area contributed by atoms with E-state index in [-0.39, 0.29) is 11.5 Å². The second kappa shape index (κ2) is 7.25. The summed E-state index contributed by atoms with van der Waals surface area (Å²) >= 11 is 2.05. The highest BCUT2D eigenvalue weighted by Gasteiger charge is 2.65. The summed E-state index contributed by atoms with van der Waals surface area (Å²) in [5, 5.41) is 28.4. The SMILES string of the molecule is Cc1c2c(nn1C1CCSCC1)C[C@]13CCN(CC4CC4)[C@H](Cc4ccc(O)cc41)[C@]3(O)C2. The van der Waals surface area contributed by atoms with Gasteiger partial charge >= 0.3 is 0 Å². The number of hydrogen-bond donors (Lipinski definition) is 2. The summed E-state index contributed by atoms with van der Waals surface area (Å²) in [4.78, 5) is 2.62. The summed E-state index contributed by atoms with van der Waals surface area (Å²) in [5.74, 6) is 3.56. The Bertz CT molecular complexity index is 1110. The van der Waals surface area contributed by atoms with Crippen molar-refractivity contribution in [2.75, 3.05) is 24.6 Å². The molecule has 3 heterocycles. The topological polar surface area (TPSA) is 61.5 Å². The minimum Gasteiger partial charge on any atom is -0.508 e. The summed E-state index contributed by atoms with van der Waals surface area (Å²) in [6.07, 6.45) is 8.36. The zero-order chi connectivity index (χ0) is 22.4. The number of piperidine rings is 1. The number of benzene rings is 1. The third kappa shape index (κ3) is 2.96. The van der Waals surface area contributed by atoms with Crippen molar-refractivity contribution in [3.63, 3.8) is 0 Å². The van der Waals surface area contributed by atoms with Gasteiger partial charge in [0.15, 0.2) is 0 Å². The molecule has 7 rings (SSSR count). The normalized spacial score (nSPS) is 33.9. The molecular formula is C27H35N3O2S. The Kier molecular flexibility index (Phi) is 4.58. The predicted octanol–water partition coefficient (Wildman–Crippen LogP) is 3.77. The molecule has 0 unspecified atom stereocenters. The van der Waals surface area contributed by atoms with Crippen LogP contribution in [0.25, 0.3) is 0 Å². The van der Waals surface area contributed by atoms with Crippen molar-refractivity contribution in [2.45, 2.75) is 81.4 Å². The molecule has 5 aliphatic rings. The van der Waals surface area contributed by atoms with Crippen molar-refractivity contribution in [1.29, 1.82) is 0 Å². The van der Waals surface area contributed by atoms with Crippen LogP contribution in [0.5, 0.6) is 5.75 Å². The minimum absolute atomic E-state index is 0.144. The third-order valence-electron chi connectivity index (χ3n) is 9.67. The Hall–Kier alpha value is -1.50. The molecule has 2 aromatic rings. The first-order valence-corrected chi connectivity index (χ1v) is 14.1. The Balaban J connectivity index is 1.36. The number of rotatable bonds is 3. The van der Waals surface area contributed by atoms with Crippen molar-refractivity contribution in [3.05, 3.63) is 46.3 Å². The van der Waals surface area contributed by atoms with E-state index >= 15 is 0 Å². The van der Waals surface area contributed by atoms with E-state index in [2.05, 4.69) is 34.3 Å². The quantitative estimate of drug-likeness (QED) is 0.723. The predicted molar refractivity (Wildman–Crippen MR) is 131 cm³/mol. The molecule has 2 bridgehead atoms. The number of aromatic hydroxyl groups is 1. The highest BCUT2D eigenvalue weighted by atomic mass is 32.2. The average Bonchev–Trinajstić information content (AvgIpc) is 3.58. The number of nitrogens with zero attached hydrogens (tertiary/aromatic N) is 3. The van der Waals surface area contributed by atoms with Crippen molar-refractivity contribution >= 4 is 11.8 Å². The Labute approximate surface area is 200 Å². The van der Waals surface area contributed by atoms with Gasteiger partial charge in [-0.3, -0.25) is 9.58 Å². The average molecular weight is 466 g/mol. The molecule has 5 nitrogen and oxygen atoms in total. The number of aliphatic hydroxyl groups is 1. The fourth-order valence-electron chi connectivity index (χ4n) is 7.69. The molecular weight excluding hydrogens is 430 g/mol. The smallest absolute Gasteiger partial charge is 0.115 e. The highest BCUT2D eigenvalue weighted by molar-refractivity contribution is 7.99. The summed E-state index contributed by atoms with van der Waals surface area (Å²) in [7, 11) is 0. The summed E-state index contributed by atoms with van der Waals surface area (Å²) in [6, 6.07) is 6.53. The fourth-order valence-corrected chi connectivity index (χ4v) is 8.77. The summed E-state index contributed by atoms with van der Waals surface area (Å²) in [6.45, 7) is 4.39. The molecule has 3 atom stereocenters. The zero-order valence-corrected chi connectivity index (χ0v) is 20.4. The van der Waals surface area contributed by atoms with E-state index in [1.807, 2.05) is 12.1 Å². The molecule has 2 N–H and O–H groups in total. The summed E-state index contributed by atoms with van der Waals surface area (Å²) in [5.41, 5.74) is 5.10. The van der Waals surface area contributed by atoms with Crippen molar-refractivity contribution in [1.82, 2.24) is 14.7 Å². The molecule has 0 amide bonds. The number of thioether (sulfide) groups is 1. The molecule has 2 saturated heterocycles. The van der Waals surface area contributed by atoms with Gasteiger partial charge in [0.05, 0.1) is 17.3 Å². The zero-order valence-electron chi connectivity index (χ0n) is 19.6. The van der Waals surface area contributed by atoms with Crippen LogP contribution in [0.2, 0.25) is 0 Å². The number of hydrogen-bond acceptors (Lipinski definition) is 5. The lowest BCUT2D eigenvalue weighted by molar-refractivity contribution is -0.152. The van der Waals surface area contributed by atoms with Gasteiger partial charge in [0, 0.05) is 36.5 Å². The van der Waals surface area contributed by atoms with Gasteiger partial charge in [-0.05, 0) is 98.2 Å². The molecule has 1 aromatic carbocycles. The van der Waals surface area contributed by atoms with Gasteiger partial charge in [-0.2, -0.15) is 16.9 Å². The Morgan fingerprint density at radius 2 is 1.97 bits per heavy atom. The van der Waals surface area contributed by atoms with Gasteiger partial charge in [0.25, 0.3) is 0 Å². The first kappa shape index (κ1) is 20.8. The Morgan fingerprint density at radius 1 is 1.15 bits per heavy atom. The molecule has 6 heteroatoms. The van der Waals surface area contributed by atoms with Crippen LogP contribution in [0.1, 0.15) is 66.2 Å². The van der Waals surface area contributed by atoms with Gasteiger partial charge in [0.2, 0.25) is 0 Å². The van der Waals surface area contributed by atoms with E-state index < -0.39 is 5.60 Å². The highest BCUT2D eigenvalue weighted by Crippen LogP contribution is 2.58. The first-order chi connectivity index (χ1) is 16.0. The van der Waals surface area contributed by atoms with Crippen LogP contribution in [0.3, 0.4) is 0 Å². The van der Waals surface area contributed by atoms with Gasteiger partial charge in [-0.15, -0.1) is 0 Å². The van der Waals surface area contributed by atoms with Crippen molar-refractivity contribution in [3.8, 4) is 5.75 Å². The molecule has 0 radical (unpaired) electrons. The molecule has 3 aliphatic carbocycles. The molecule has 1 saturated carbocycles. The molecule has 3 fully saturated rings. The first-order valence-electron chi connectivity index (χ1n) is 12.9. The van der Waals surface area contributed by atoms with Crippen LogP contribution in [0.4, 0.5) is 0 Å². The lowest BCUT2D eigenvalue weighted by atomic mass is 9.49. The van der Waals surface area contributed by atoms with Gasteiger partial charge in [0.1, 0.15) is 5.75 Å². The van der Waals surface area contributed by atoms with Crippen LogP contribution < -0.4 is 0 Å². The van der Waals surface area contributed by atoms with Crippen LogP contribution in [-0.2, 0) is 24.7 Å². The lowest BCUT2D eigenvalue weighted by Gasteiger charge is -2.63.